The Morgan fingerprint density at radius 3 is 2.29 bits per heavy atom. The second-order valence-corrected chi connectivity index (χ2v) is 15.8. The van der Waals surface area contributed by atoms with E-state index in [1.165, 1.54) is 24.3 Å². The van der Waals surface area contributed by atoms with Gasteiger partial charge < -0.3 is 9.16 Å². The van der Waals surface area contributed by atoms with Gasteiger partial charge in [-0.25, -0.2) is 18.0 Å². The molecule has 0 fully saturated rings. The summed E-state index contributed by atoms with van der Waals surface area (Å²) in [5.74, 6) is -5.35. The van der Waals surface area contributed by atoms with Gasteiger partial charge in [-0.15, -0.1) is 0 Å². The van der Waals surface area contributed by atoms with E-state index in [0.29, 0.717) is 0 Å². The minimum atomic E-state index is -3.29. The van der Waals surface area contributed by atoms with E-state index in [2.05, 4.69) is 49.8 Å². The lowest BCUT2D eigenvalue weighted by Gasteiger charge is -2.36. The Kier molecular flexibility index (Phi) is 9.78. The molecule has 0 unspecified atom stereocenters. The van der Waals surface area contributed by atoms with Crippen LogP contribution in [0.5, 0.6) is 0 Å². The summed E-state index contributed by atoms with van der Waals surface area (Å²) in [5, 5.41) is -0.202. The molecule has 192 valence electrons. The highest BCUT2D eigenvalue weighted by Gasteiger charge is 2.38. The van der Waals surface area contributed by atoms with Gasteiger partial charge in [0.15, 0.2) is 20.7 Å². The predicted molar refractivity (Wildman–Crippen MR) is 136 cm³/mol. The van der Waals surface area contributed by atoms with Gasteiger partial charge in [0.05, 0.1) is 10.0 Å². The fourth-order valence-electron chi connectivity index (χ4n) is 2.87. The van der Waals surface area contributed by atoms with Crippen molar-refractivity contribution in [3.05, 3.63) is 68.4 Å². The molecular formula is C25H29BrClF3O4Si. The van der Waals surface area contributed by atoms with E-state index < -0.39 is 50.4 Å². The molecule has 2 rings (SSSR count). The molecule has 0 spiro atoms. The number of halogens is 5. The quantitative estimate of drug-likeness (QED) is 0.121. The van der Waals surface area contributed by atoms with Crippen molar-refractivity contribution in [1.29, 1.82) is 0 Å². The normalized spacial score (nSPS) is 12.5. The first-order chi connectivity index (χ1) is 16.0. The number of carbonyl (C=O) groups excluding carboxylic acids is 2. The molecule has 0 amide bonds. The summed E-state index contributed by atoms with van der Waals surface area (Å²) in [6.45, 7) is 9.90. The lowest BCUT2D eigenvalue weighted by atomic mass is 10.0. The molecule has 0 N–H and O–H groups in total. The minimum absolute atomic E-state index is 0.0257. The van der Waals surface area contributed by atoms with Crippen LogP contribution in [0.25, 0.3) is 0 Å². The third-order valence-electron chi connectivity index (χ3n) is 6.08. The summed E-state index contributed by atoms with van der Waals surface area (Å²) < 4.78 is 54.3. The second-order valence-electron chi connectivity index (χ2n) is 9.74. The SMILES string of the molecule is CC(C)(C)[Si](C)(C)OCCCC(F)(F)c1cc(C(=O)OCC(=O)c2ccc(F)c(Br)c2)ccc1Cl. The highest BCUT2D eigenvalue weighted by molar-refractivity contribution is 9.10. The van der Waals surface area contributed by atoms with Crippen molar-refractivity contribution in [3.8, 4) is 0 Å². The van der Waals surface area contributed by atoms with E-state index in [1.807, 2.05) is 0 Å². The smallest absolute Gasteiger partial charge is 0.338 e. The van der Waals surface area contributed by atoms with Crippen LogP contribution in [0.2, 0.25) is 23.2 Å². The van der Waals surface area contributed by atoms with E-state index in [0.717, 1.165) is 12.1 Å². The first-order valence-electron chi connectivity index (χ1n) is 11.0. The summed E-state index contributed by atoms with van der Waals surface area (Å²) >= 11 is 9.00. The molecule has 10 heteroatoms. The Bertz CT molecular complexity index is 1090. The average Bonchev–Trinajstić information content (AvgIpc) is 2.76. The summed E-state index contributed by atoms with van der Waals surface area (Å²) in [5.41, 5.74) is -0.515. The molecule has 0 saturated heterocycles. The van der Waals surface area contributed by atoms with Crippen LogP contribution in [-0.4, -0.2) is 33.3 Å². The zero-order valence-corrected chi connectivity index (χ0v) is 23.7. The van der Waals surface area contributed by atoms with Crippen molar-refractivity contribution in [2.24, 2.45) is 0 Å². The number of carbonyl (C=O) groups is 2. The number of esters is 1. The van der Waals surface area contributed by atoms with Crippen molar-refractivity contribution in [2.45, 2.75) is 57.7 Å². The maximum absolute atomic E-state index is 14.9. The molecule has 35 heavy (non-hydrogen) atoms. The van der Waals surface area contributed by atoms with E-state index in [9.17, 15) is 22.8 Å². The molecule has 0 aliphatic carbocycles. The molecule has 0 radical (unpaired) electrons. The zero-order chi connectivity index (χ0) is 26.6. The second kappa shape index (κ2) is 11.6. The Hall–Kier alpha value is -1.68. The van der Waals surface area contributed by atoms with Gasteiger partial charge in [0.25, 0.3) is 5.92 Å². The topological polar surface area (TPSA) is 52.6 Å². The van der Waals surface area contributed by atoms with Crippen molar-refractivity contribution in [1.82, 2.24) is 0 Å². The van der Waals surface area contributed by atoms with Gasteiger partial charge in [0.1, 0.15) is 5.82 Å². The van der Waals surface area contributed by atoms with Gasteiger partial charge in [-0.1, -0.05) is 32.4 Å². The molecule has 0 bridgehead atoms. The lowest BCUT2D eigenvalue weighted by Crippen LogP contribution is -2.41. The van der Waals surface area contributed by atoms with Crippen LogP contribution in [0, 0.1) is 5.82 Å². The van der Waals surface area contributed by atoms with Crippen LogP contribution >= 0.6 is 27.5 Å². The van der Waals surface area contributed by atoms with Crippen molar-refractivity contribution < 1.29 is 31.9 Å². The highest BCUT2D eigenvalue weighted by Crippen LogP contribution is 2.39. The zero-order valence-electron chi connectivity index (χ0n) is 20.3. The van der Waals surface area contributed by atoms with Crippen LogP contribution in [0.15, 0.2) is 40.9 Å². The number of hydrogen-bond donors (Lipinski definition) is 0. The van der Waals surface area contributed by atoms with Crippen LogP contribution in [0.1, 0.15) is 59.9 Å². The molecule has 0 heterocycles. The van der Waals surface area contributed by atoms with Crippen molar-refractivity contribution >= 4 is 47.6 Å². The first-order valence-corrected chi connectivity index (χ1v) is 15.1. The summed E-state index contributed by atoms with van der Waals surface area (Å²) in [4.78, 5) is 24.6. The molecule has 0 aliphatic rings. The Morgan fingerprint density at radius 2 is 1.69 bits per heavy atom. The van der Waals surface area contributed by atoms with Gasteiger partial charge in [0, 0.05) is 29.2 Å². The molecule has 0 atom stereocenters. The molecular weight excluding hydrogens is 565 g/mol. The van der Waals surface area contributed by atoms with E-state index in [1.54, 1.807) is 0 Å². The van der Waals surface area contributed by atoms with Gasteiger partial charge in [-0.3, -0.25) is 4.79 Å². The van der Waals surface area contributed by atoms with E-state index >= 15 is 0 Å². The fourth-order valence-corrected chi connectivity index (χ4v) is 4.59. The number of rotatable bonds is 10. The van der Waals surface area contributed by atoms with Crippen LogP contribution in [0.4, 0.5) is 13.2 Å². The molecule has 2 aromatic carbocycles. The van der Waals surface area contributed by atoms with E-state index in [-0.39, 0.29) is 38.7 Å². The Labute approximate surface area is 218 Å². The van der Waals surface area contributed by atoms with Crippen LogP contribution < -0.4 is 0 Å². The number of benzene rings is 2. The largest absolute Gasteiger partial charge is 0.454 e. The summed E-state index contributed by atoms with van der Waals surface area (Å²) in [6, 6.07) is 7.06. The standard InChI is InChI=1S/C25H29BrClF3O4Si/c1-24(2,3)35(4,5)34-12-6-11-25(29,30)18-13-17(7-9-20(18)27)23(32)33-15-22(31)16-8-10-21(28)19(26)14-16/h7-10,13-14H,6,11-12,15H2,1-5H3. The van der Waals surface area contributed by atoms with Crippen molar-refractivity contribution in [2.75, 3.05) is 13.2 Å². The van der Waals surface area contributed by atoms with Gasteiger partial charge in [-0.05, 0) is 76.9 Å². The average molecular weight is 594 g/mol. The summed E-state index contributed by atoms with van der Waals surface area (Å²) in [6.07, 6.45) is -0.385. The van der Waals surface area contributed by atoms with Crippen LogP contribution in [0.3, 0.4) is 0 Å². The highest BCUT2D eigenvalue weighted by atomic mass is 79.9. The number of ketones is 1. The molecule has 0 saturated carbocycles. The number of alkyl halides is 2. The third kappa shape index (κ3) is 7.90. The summed E-state index contributed by atoms with van der Waals surface area (Å²) in [7, 11) is -2.05. The monoisotopic (exact) mass is 592 g/mol. The van der Waals surface area contributed by atoms with Crippen molar-refractivity contribution in [3.63, 3.8) is 0 Å². The van der Waals surface area contributed by atoms with E-state index in [4.69, 9.17) is 20.8 Å². The van der Waals surface area contributed by atoms with Gasteiger partial charge >= 0.3 is 5.97 Å². The predicted octanol–water partition coefficient (Wildman–Crippen LogP) is 8.18. The first kappa shape index (κ1) is 29.5. The number of Topliss-reactive ketones (excluding diaryl/α,β-unsaturated/α-hetero) is 1. The number of hydrogen-bond acceptors (Lipinski definition) is 4. The molecule has 0 aromatic heterocycles. The lowest BCUT2D eigenvalue weighted by molar-refractivity contribution is -0.0184. The number of ether oxygens (including phenoxy) is 1. The molecule has 0 aliphatic heterocycles. The fraction of sp³-hybridized carbons (Fsp3) is 0.440. The third-order valence-corrected chi connectivity index (χ3v) is 11.6. The van der Waals surface area contributed by atoms with Gasteiger partial charge in [0.2, 0.25) is 0 Å². The minimum Gasteiger partial charge on any atom is -0.454 e. The molecule has 2 aromatic rings. The van der Waals surface area contributed by atoms with Gasteiger partial charge in [-0.2, -0.15) is 0 Å². The Morgan fingerprint density at radius 1 is 1.06 bits per heavy atom. The molecule has 4 nitrogen and oxygen atoms in total. The maximum Gasteiger partial charge on any atom is 0.338 e. The Balaban J connectivity index is 2.03. The van der Waals surface area contributed by atoms with Crippen LogP contribution in [-0.2, 0) is 15.1 Å². The maximum atomic E-state index is 14.9.